The monoisotopic (exact) mass is 341 g/mol. The van der Waals surface area contributed by atoms with E-state index in [-0.39, 0.29) is 5.97 Å². The van der Waals surface area contributed by atoms with Crippen LogP contribution < -0.4 is 9.64 Å². The van der Waals surface area contributed by atoms with Gasteiger partial charge in [0.15, 0.2) is 5.75 Å². The van der Waals surface area contributed by atoms with Crippen LogP contribution in [0.15, 0.2) is 48.0 Å². The van der Waals surface area contributed by atoms with Crippen molar-refractivity contribution < 1.29 is 14.3 Å². The lowest BCUT2D eigenvalue weighted by Crippen LogP contribution is -2.29. The molecule has 0 radical (unpaired) electrons. The first-order valence-electron chi connectivity index (χ1n) is 7.85. The molecule has 0 N–H and O–H groups in total. The summed E-state index contributed by atoms with van der Waals surface area (Å²) >= 11 is 6.21. The Kier molecular flexibility index (Phi) is 3.69. The van der Waals surface area contributed by atoms with Crippen LogP contribution in [0.5, 0.6) is 11.5 Å². The Bertz CT molecular complexity index is 859. The van der Waals surface area contributed by atoms with Gasteiger partial charge in [-0.05, 0) is 43.2 Å². The van der Waals surface area contributed by atoms with Crippen molar-refractivity contribution in [3.05, 3.63) is 58.6 Å². The van der Waals surface area contributed by atoms with Crippen molar-refractivity contribution in [3.8, 4) is 11.5 Å². The average Bonchev–Trinajstić information content (AvgIpc) is 2.75. The van der Waals surface area contributed by atoms with E-state index in [0.29, 0.717) is 17.0 Å². The number of halogens is 1. The van der Waals surface area contributed by atoms with Gasteiger partial charge in [-0.1, -0.05) is 23.7 Å². The molecule has 4 nitrogen and oxygen atoms in total. The Morgan fingerprint density at radius 2 is 2.04 bits per heavy atom. The fraction of sp³-hybridized carbons (Fsp3) is 0.211. The Hall–Kier alpha value is -2.46. The van der Waals surface area contributed by atoms with Gasteiger partial charge in [0, 0.05) is 17.1 Å². The molecule has 0 aromatic heterocycles. The molecule has 0 saturated heterocycles. The lowest BCUT2D eigenvalue weighted by molar-refractivity contribution is -0.136. The molecule has 24 heavy (non-hydrogen) atoms. The van der Waals surface area contributed by atoms with Crippen LogP contribution in [0.2, 0.25) is 5.02 Å². The summed E-state index contributed by atoms with van der Waals surface area (Å²) in [5, 5.41) is 0.632. The van der Waals surface area contributed by atoms with E-state index in [2.05, 4.69) is 4.90 Å². The van der Waals surface area contributed by atoms with Crippen LogP contribution in [-0.4, -0.2) is 19.6 Å². The maximum absolute atomic E-state index is 12.3. The normalized spacial score (nSPS) is 15.7. The van der Waals surface area contributed by atoms with Gasteiger partial charge in [0.2, 0.25) is 0 Å². The van der Waals surface area contributed by atoms with Crippen molar-refractivity contribution in [2.75, 3.05) is 18.6 Å². The third-order valence-electron chi connectivity index (χ3n) is 4.37. The summed E-state index contributed by atoms with van der Waals surface area (Å²) in [5.41, 5.74) is 3.29. The molecule has 0 bridgehead atoms. The van der Waals surface area contributed by atoms with Gasteiger partial charge in [-0.3, -0.25) is 0 Å². The molecule has 122 valence electrons. The van der Waals surface area contributed by atoms with Gasteiger partial charge >= 0.3 is 5.97 Å². The molecule has 0 atom stereocenters. The van der Waals surface area contributed by atoms with Crippen molar-refractivity contribution in [1.82, 2.24) is 0 Å². The minimum absolute atomic E-state index is 0.296. The third-order valence-corrected chi connectivity index (χ3v) is 4.61. The van der Waals surface area contributed by atoms with E-state index in [9.17, 15) is 4.79 Å². The molecular formula is C19H16ClNO3. The van der Waals surface area contributed by atoms with Gasteiger partial charge < -0.3 is 14.4 Å². The number of rotatable bonds is 1. The third kappa shape index (κ3) is 2.34. The second-order valence-corrected chi connectivity index (χ2v) is 6.22. The Morgan fingerprint density at radius 1 is 1.21 bits per heavy atom. The maximum atomic E-state index is 12.3. The summed E-state index contributed by atoms with van der Waals surface area (Å²) in [7, 11) is 1.42. The van der Waals surface area contributed by atoms with Crippen molar-refractivity contribution >= 4 is 29.0 Å². The predicted octanol–water partition coefficient (Wildman–Crippen LogP) is 4.63. The number of methoxy groups -OCH3 is 1. The molecule has 2 heterocycles. The predicted molar refractivity (Wildman–Crippen MR) is 93.5 cm³/mol. The number of carbonyl (C=O) groups is 1. The van der Waals surface area contributed by atoms with Crippen molar-refractivity contribution in [1.29, 1.82) is 0 Å². The van der Waals surface area contributed by atoms with Gasteiger partial charge in [0.25, 0.3) is 0 Å². The molecule has 2 aliphatic rings. The number of para-hydroxylation sites is 1. The summed E-state index contributed by atoms with van der Waals surface area (Å²) in [4.78, 5) is 14.5. The Balaban J connectivity index is 2.03. The van der Waals surface area contributed by atoms with Crippen LogP contribution in [0, 0.1) is 0 Å². The van der Waals surface area contributed by atoms with Gasteiger partial charge in [-0.25, -0.2) is 4.79 Å². The molecule has 2 aromatic rings. The first-order chi connectivity index (χ1) is 11.7. The number of benzene rings is 2. The van der Waals surface area contributed by atoms with E-state index in [1.807, 2.05) is 42.5 Å². The number of nitrogens with zero attached hydrogens (tertiary/aromatic N) is 1. The van der Waals surface area contributed by atoms with Crippen LogP contribution in [0.4, 0.5) is 5.69 Å². The maximum Gasteiger partial charge on any atom is 0.335 e. The van der Waals surface area contributed by atoms with E-state index in [1.165, 1.54) is 7.11 Å². The zero-order chi connectivity index (χ0) is 16.7. The molecule has 0 unspecified atom stereocenters. The highest BCUT2D eigenvalue weighted by molar-refractivity contribution is 6.31. The molecule has 0 saturated carbocycles. The van der Waals surface area contributed by atoms with Gasteiger partial charge in [0.1, 0.15) is 5.75 Å². The summed E-state index contributed by atoms with van der Waals surface area (Å²) in [6, 6.07) is 13.3. The average molecular weight is 342 g/mol. The van der Waals surface area contributed by atoms with Crippen LogP contribution in [-0.2, 0) is 9.53 Å². The van der Waals surface area contributed by atoms with Crippen molar-refractivity contribution in [3.63, 3.8) is 0 Å². The lowest BCUT2D eigenvalue weighted by Gasteiger charge is -2.32. The molecule has 2 aliphatic heterocycles. The zero-order valence-electron chi connectivity index (χ0n) is 13.2. The number of carbonyl (C=O) groups excluding carboxylic acids is 1. The van der Waals surface area contributed by atoms with Crippen LogP contribution in [0.3, 0.4) is 0 Å². The van der Waals surface area contributed by atoms with Crippen molar-refractivity contribution in [2.45, 2.75) is 12.8 Å². The standard InChI is InChI=1S/C19H16ClNO3/c1-23-19(22)14-6-4-10-21-15-11-12(20)8-9-17(15)24-16-7-3-2-5-13(16)18(14)21/h2-3,5,7-9,11H,4,6,10H2,1H3. The van der Waals surface area contributed by atoms with E-state index < -0.39 is 0 Å². The molecule has 4 rings (SSSR count). The summed E-state index contributed by atoms with van der Waals surface area (Å²) in [6.07, 6.45) is 1.55. The number of fused-ring (bicyclic) bond motifs is 5. The van der Waals surface area contributed by atoms with E-state index in [4.69, 9.17) is 21.1 Å². The number of hydrogen-bond donors (Lipinski definition) is 0. The minimum Gasteiger partial charge on any atom is -0.466 e. The van der Waals surface area contributed by atoms with Gasteiger partial charge in [0.05, 0.1) is 24.1 Å². The molecular weight excluding hydrogens is 326 g/mol. The van der Waals surface area contributed by atoms with Crippen molar-refractivity contribution in [2.24, 2.45) is 0 Å². The molecule has 0 amide bonds. The van der Waals surface area contributed by atoms with E-state index >= 15 is 0 Å². The highest BCUT2D eigenvalue weighted by atomic mass is 35.5. The number of hydrogen-bond acceptors (Lipinski definition) is 4. The smallest absolute Gasteiger partial charge is 0.335 e. The first kappa shape index (κ1) is 15.1. The number of anilines is 1. The van der Waals surface area contributed by atoms with Gasteiger partial charge in [-0.2, -0.15) is 0 Å². The fourth-order valence-electron chi connectivity index (χ4n) is 3.34. The fourth-order valence-corrected chi connectivity index (χ4v) is 3.50. The highest BCUT2D eigenvalue weighted by Crippen LogP contribution is 2.47. The lowest BCUT2D eigenvalue weighted by atomic mass is 9.96. The second-order valence-electron chi connectivity index (χ2n) is 5.78. The van der Waals surface area contributed by atoms with E-state index in [1.54, 1.807) is 0 Å². The summed E-state index contributed by atoms with van der Waals surface area (Å²) in [6.45, 7) is 0.793. The Morgan fingerprint density at radius 3 is 2.88 bits per heavy atom. The van der Waals surface area contributed by atoms with Crippen LogP contribution >= 0.6 is 11.6 Å². The second kappa shape index (κ2) is 5.87. The van der Waals surface area contributed by atoms with Crippen LogP contribution in [0.1, 0.15) is 18.4 Å². The van der Waals surface area contributed by atoms with Crippen LogP contribution in [0.25, 0.3) is 5.70 Å². The van der Waals surface area contributed by atoms with E-state index in [0.717, 1.165) is 41.4 Å². The topological polar surface area (TPSA) is 38.8 Å². The summed E-state index contributed by atoms with van der Waals surface area (Å²) < 4.78 is 11.1. The minimum atomic E-state index is -0.296. The van der Waals surface area contributed by atoms with Gasteiger partial charge in [-0.15, -0.1) is 0 Å². The first-order valence-corrected chi connectivity index (χ1v) is 8.22. The Labute approximate surface area is 145 Å². The SMILES string of the molecule is COC(=O)C1=C2c3ccccc3Oc3ccc(Cl)cc3N2CCC1. The number of ether oxygens (including phenoxy) is 2. The zero-order valence-corrected chi connectivity index (χ0v) is 14.0. The molecule has 0 aliphatic carbocycles. The highest BCUT2D eigenvalue weighted by Gasteiger charge is 2.32. The molecule has 2 aromatic carbocycles. The molecule has 0 fully saturated rings. The largest absolute Gasteiger partial charge is 0.466 e. The quantitative estimate of drug-likeness (QED) is 0.709. The summed E-state index contributed by atoms with van der Waals surface area (Å²) in [5.74, 6) is 1.16. The molecule has 5 heteroatoms. The number of esters is 1. The molecule has 0 spiro atoms.